The van der Waals surface area contributed by atoms with Crippen molar-refractivity contribution in [3.8, 4) is 0 Å². The number of rotatable bonds is 2. The Morgan fingerprint density at radius 3 is 2.69 bits per heavy atom. The number of hydrogen-bond acceptors (Lipinski definition) is 2. The highest BCUT2D eigenvalue weighted by Gasteiger charge is 2.06. The summed E-state index contributed by atoms with van der Waals surface area (Å²) in [5, 5.41) is 2.68. The van der Waals surface area contributed by atoms with Crippen molar-refractivity contribution >= 4 is 34.1 Å². The van der Waals surface area contributed by atoms with Crippen LogP contribution in [0.15, 0.2) is 31.0 Å². The van der Waals surface area contributed by atoms with E-state index in [1.165, 1.54) is 0 Å². The second kappa shape index (κ2) is 4.14. The molecule has 0 saturated heterocycles. The van der Waals surface area contributed by atoms with Crippen LogP contribution in [0.2, 0.25) is 5.15 Å². The third kappa shape index (κ3) is 1.76. The first-order chi connectivity index (χ1) is 7.63. The minimum absolute atomic E-state index is 0.506. The largest absolute Gasteiger partial charge is 0.377 e. The molecular weight excluding hydrogens is 220 g/mol. The fourth-order valence-electron chi connectivity index (χ4n) is 1.79. The summed E-state index contributed by atoms with van der Waals surface area (Å²) in [4.78, 5) is 6.19. The summed E-state index contributed by atoms with van der Waals surface area (Å²) < 4.78 is 0. The van der Waals surface area contributed by atoms with Gasteiger partial charge in [0.1, 0.15) is 5.15 Å². The summed E-state index contributed by atoms with van der Waals surface area (Å²) in [6.45, 7) is 3.81. The molecule has 0 saturated carbocycles. The monoisotopic (exact) mass is 232 g/mol. The summed E-state index contributed by atoms with van der Waals surface area (Å²) >= 11 is 5.92. The fraction of sp³-hybridized carbons (Fsp3) is 0.154. The molecule has 0 bridgehead atoms. The van der Waals surface area contributed by atoms with Crippen LogP contribution in [0, 0.1) is 0 Å². The van der Waals surface area contributed by atoms with Crippen molar-refractivity contribution in [3.63, 3.8) is 0 Å². The highest BCUT2D eigenvalue weighted by Crippen LogP contribution is 2.29. The van der Waals surface area contributed by atoms with Crippen LogP contribution in [0.4, 0.5) is 5.69 Å². The number of anilines is 1. The number of pyridine rings is 1. The summed E-state index contributed by atoms with van der Waals surface area (Å²) in [6, 6.07) is 5.98. The molecule has 0 spiro atoms. The molecule has 16 heavy (non-hydrogen) atoms. The Labute approximate surface area is 100 Å². The molecule has 1 aromatic carbocycles. The molecule has 0 radical (unpaired) electrons. The fourth-order valence-corrected chi connectivity index (χ4v) is 1.95. The van der Waals surface area contributed by atoms with Crippen molar-refractivity contribution in [2.45, 2.75) is 0 Å². The van der Waals surface area contributed by atoms with Crippen LogP contribution in [-0.2, 0) is 0 Å². The van der Waals surface area contributed by atoms with Gasteiger partial charge in [0.2, 0.25) is 0 Å². The third-order valence-corrected chi connectivity index (χ3v) is 2.79. The second-order valence-electron chi connectivity index (χ2n) is 3.83. The Morgan fingerprint density at radius 2 is 2.06 bits per heavy atom. The first kappa shape index (κ1) is 11.0. The lowest BCUT2D eigenvalue weighted by Gasteiger charge is -2.16. The topological polar surface area (TPSA) is 16.1 Å². The van der Waals surface area contributed by atoms with Gasteiger partial charge >= 0.3 is 0 Å². The van der Waals surface area contributed by atoms with E-state index in [0.29, 0.717) is 5.15 Å². The van der Waals surface area contributed by atoms with Crippen molar-refractivity contribution in [1.82, 2.24) is 4.98 Å². The Hall–Kier alpha value is -1.54. The molecular formula is C13H13ClN2. The lowest BCUT2D eigenvalue weighted by molar-refractivity contribution is 1.14. The smallest absolute Gasteiger partial charge is 0.129 e. The molecule has 1 heterocycles. The molecule has 2 aromatic rings. The normalized spacial score (nSPS) is 10.4. The van der Waals surface area contributed by atoms with E-state index in [4.69, 9.17) is 11.6 Å². The molecule has 0 aliphatic rings. The summed E-state index contributed by atoms with van der Waals surface area (Å²) in [7, 11) is 4.02. The number of halogens is 1. The zero-order chi connectivity index (χ0) is 11.7. The van der Waals surface area contributed by atoms with Crippen molar-refractivity contribution in [2.24, 2.45) is 0 Å². The lowest BCUT2D eigenvalue weighted by atomic mass is 10.0. The van der Waals surface area contributed by atoms with Crippen LogP contribution in [0.25, 0.3) is 16.8 Å². The predicted molar refractivity (Wildman–Crippen MR) is 71.2 cm³/mol. The molecule has 0 unspecified atom stereocenters. The number of aromatic nitrogens is 1. The quantitative estimate of drug-likeness (QED) is 0.736. The molecule has 1 aromatic heterocycles. The molecule has 3 heteroatoms. The van der Waals surface area contributed by atoms with Crippen LogP contribution in [0.5, 0.6) is 0 Å². The van der Waals surface area contributed by atoms with Gasteiger partial charge in [-0.2, -0.15) is 0 Å². The van der Waals surface area contributed by atoms with Gasteiger partial charge in [-0.05, 0) is 23.1 Å². The van der Waals surface area contributed by atoms with Crippen molar-refractivity contribution < 1.29 is 0 Å². The van der Waals surface area contributed by atoms with Crippen LogP contribution in [0.3, 0.4) is 0 Å². The molecule has 0 aliphatic carbocycles. The molecule has 2 rings (SSSR count). The van der Waals surface area contributed by atoms with E-state index in [2.05, 4.69) is 22.5 Å². The van der Waals surface area contributed by atoms with E-state index < -0.39 is 0 Å². The van der Waals surface area contributed by atoms with Gasteiger partial charge in [-0.3, -0.25) is 0 Å². The minimum Gasteiger partial charge on any atom is -0.377 e. The number of hydrogen-bond donors (Lipinski definition) is 0. The van der Waals surface area contributed by atoms with E-state index >= 15 is 0 Å². The van der Waals surface area contributed by atoms with Crippen molar-refractivity contribution in [2.75, 3.05) is 19.0 Å². The van der Waals surface area contributed by atoms with Crippen LogP contribution >= 0.6 is 11.6 Å². The maximum atomic E-state index is 5.92. The number of fused-ring (bicyclic) bond motifs is 1. The number of benzene rings is 1. The number of nitrogens with zero attached hydrogens (tertiary/aromatic N) is 2. The van der Waals surface area contributed by atoms with Gasteiger partial charge < -0.3 is 4.90 Å². The summed E-state index contributed by atoms with van der Waals surface area (Å²) in [5.74, 6) is 0. The lowest BCUT2D eigenvalue weighted by Crippen LogP contribution is -2.09. The highest BCUT2D eigenvalue weighted by molar-refractivity contribution is 6.30. The molecule has 0 N–H and O–H groups in total. The van der Waals surface area contributed by atoms with Gasteiger partial charge in [-0.15, -0.1) is 0 Å². The highest BCUT2D eigenvalue weighted by atomic mass is 35.5. The van der Waals surface area contributed by atoms with Crippen molar-refractivity contribution in [3.05, 3.63) is 41.7 Å². The van der Waals surface area contributed by atoms with E-state index in [9.17, 15) is 0 Å². The average Bonchev–Trinajstić information content (AvgIpc) is 2.27. The standard InChI is InChI=1S/C13H13ClN2/c1-4-9-5-6-12(16(2)3)11-8-15-13(14)7-10(9)11/h4-8H,1H2,2-3H3. The Kier molecular flexibility index (Phi) is 2.84. The van der Waals surface area contributed by atoms with E-state index in [-0.39, 0.29) is 0 Å². The third-order valence-electron chi connectivity index (χ3n) is 2.58. The maximum absolute atomic E-state index is 5.92. The molecule has 0 fully saturated rings. The molecule has 2 nitrogen and oxygen atoms in total. The SMILES string of the molecule is C=Cc1ccc(N(C)C)c2cnc(Cl)cc12. The Morgan fingerprint density at radius 1 is 1.31 bits per heavy atom. The van der Waals surface area contributed by atoms with Gasteiger partial charge in [0.15, 0.2) is 0 Å². The van der Waals surface area contributed by atoms with E-state index in [1.54, 1.807) is 6.20 Å². The molecule has 82 valence electrons. The van der Waals surface area contributed by atoms with E-state index in [0.717, 1.165) is 22.0 Å². The first-order valence-electron chi connectivity index (χ1n) is 5.01. The van der Waals surface area contributed by atoms with E-state index in [1.807, 2.05) is 32.3 Å². The van der Waals surface area contributed by atoms with Crippen LogP contribution in [-0.4, -0.2) is 19.1 Å². The summed E-state index contributed by atoms with van der Waals surface area (Å²) in [6.07, 6.45) is 3.64. The maximum Gasteiger partial charge on any atom is 0.129 e. The van der Waals surface area contributed by atoms with Gasteiger partial charge in [-0.1, -0.05) is 30.3 Å². The first-order valence-corrected chi connectivity index (χ1v) is 5.39. The zero-order valence-corrected chi connectivity index (χ0v) is 10.1. The Bertz CT molecular complexity index is 547. The van der Waals surface area contributed by atoms with Gasteiger partial charge in [-0.25, -0.2) is 4.98 Å². The molecule has 0 atom stereocenters. The minimum atomic E-state index is 0.506. The van der Waals surface area contributed by atoms with Gasteiger partial charge in [0, 0.05) is 31.4 Å². The van der Waals surface area contributed by atoms with Gasteiger partial charge in [0.25, 0.3) is 0 Å². The second-order valence-corrected chi connectivity index (χ2v) is 4.21. The van der Waals surface area contributed by atoms with Gasteiger partial charge in [0.05, 0.1) is 0 Å². The summed E-state index contributed by atoms with van der Waals surface area (Å²) in [5.41, 5.74) is 2.20. The molecule has 0 aliphatic heterocycles. The van der Waals surface area contributed by atoms with Crippen LogP contribution < -0.4 is 4.90 Å². The molecule has 0 amide bonds. The Balaban J connectivity index is 2.85. The zero-order valence-electron chi connectivity index (χ0n) is 9.37. The predicted octanol–water partition coefficient (Wildman–Crippen LogP) is 3.60. The van der Waals surface area contributed by atoms with Crippen molar-refractivity contribution in [1.29, 1.82) is 0 Å². The van der Waals surface area contributed by atoms with Crippen LogP contribution in [0.1, 0.15) is 5.56 Å². The average molecular weight is 233 g/mol.